The van der Waals surface area contributed by atoms with Crippen molar-refractivity contribution in [1.82, 2.24) is 5.32 Å². The van der Waals surface area contributed by atoms with Crippen LogP contribution in [0, 0.1) is 5.82 Å². The zero-order valence-corrected chi connectivity index (χ0v) is 12.8. The van der Waals surface area contributed by atoms with E-state index in [0.29, 0.717) is 12.0 Å². The molecule has 4 heteroatoms. The van der Waals surface area contributed by atoms with Gasteiger partial charge in [-0.3, -0.25) is 0 Å². The second kappa shape index (κ2) is 7.96. The number of ether oxygens (including phenoxy) is 1. The molecular weight excluding hydrogens is 277 g/mol. The molecule has 1 heterocycles. The summed E-state index contributed by atoms with van der Waals surface area (Å²) in [5.74, 6) is -0.298. The standard InChI is InChI=1S/C16H23ClFNO/c1-2-9-19-14(15-8-3-4-10-20-15)11-12-6-5-7-13(17)16(12)18/h5-7,14-15,19H,2-4,8-11H2,1H3. The smallest absolute Gasteiger partial charge is 0.145 e. The second-order valence-electron chi connectivity index (χ2n) is 5.38. The van der Waals surface area contributed by atoms with E-state index in [2.05, 4.69) is 12.2 Å². The van der Waals surface area contributed by atoms with Gasteiger partial charge in [-0.1, -0.05) is 30.7 Å². The first-order valence-electron chi connectivity index (χ1n) is 7.50. The van der Waals surface area contributed by atoms with Crippen molar-refractivity contribution in [3.05, 3.63) is 34.6 Å². The van der Waals surface area contributed by atoms with Gasteiger partial charge in [0.1, 0.15) is 5.82 Å². The molecular formula is C16H23ClFNO. The summed E-state index contributed by atoms with van der Waals surface area (Å²) in [6.07, 6.45) is 5.21. The van der Waals surface area contributed by atoms with E-state index >= 15 is 0 Å². The molecule has 0 aliphatic carbocycles. The molecule has 0 radical (unpaired) electrons. The lowest BCUT2D eigenvalue weighted by molar-refractivity contribution is -0.00751. The second-order valence-corrected chi connectivity index (χ2v) is 5.79. The minimum atomic E-state index is -0.298. The van der Waals surface area contributed by atoms with Gasteiger partial charge in [0.15, 0.2) is 0 Å². The Morgan fingerprint density at radius 2 is 2.30 bits per heavy atom. The fraction of sp³-hybridized carbons (Fsp3) is 0.625. The molecule has 1 aliphatic heterocycles. The molecule has 2 nitrogen and oxygen atoms in total. The summed E-state index contributed by atoms with van der Waals surface area (Å²) < 4.78 is 19.9. The maximum absolute atomic E-state index is 14.1. The summed E-state index contributed by atoms with van der Waals surface area (Å²) in [4.78, 5) is 0. The van der Waals surface area contributed by atoms with Crippen molar-refractivity contribution in [2.75, 3.05) is 13.2 Å². The molecule has 2 rings (SSSR count). The van der Waals surface area contributed by atoms with Crippen molar-refractivity contribution in [3.63, 3.8) is 0 Å². The lowest BCUT2D eigenvalue weighted by Crippen LogP contribution is -2.45. The van der Waals surface area contributed by atoms with Crippen LogP contribution in [-0.4, -0.2) is 25.3 Å². The highest BCUT2D eigenvalue weighted by Gasteiger charge is 2.25. The number of nitrogens with one attached hydrogen (secondary N) is 1. The third-order valence-electron chi connectivity index (χ3n) is 3.79. The van der Waals surface area contributed by atoms with Gasteiger partial charge in [0.25, 0.3) is 0 Å². The minimum absolute atomic E-state index is 0.156. The topological polar surface area (TPSA) is 21.3 Å². The summed E-state index contributed by atoms with van der Waals surface area (Å²) in [5.41, 5.74) is 0.667. The molecule has 0 bridgehead atoms. The summed E-state index contributed by atoms with van der Waals surface area (Å²) in [5, 5.41) is 3.70. The lowest BCUT2D eigenvalue weighted by Gasteiger charge is -2.31. The van der Waals surface area contributed by atoms with E-state index in [9.17, 15) is 4.39 Å². The van der Waals surface area contributed by atoms with E-state index in [4.69, 9.17) is 16.3 Å². The molecule has 0 spiro atoms. The Morgan fingerprint density at radius 1 is 1.45 bits per heavy atom. The maximum Gasteiger partial charge on any atom is 0.145 e. The number of hydrogen-bond acceptors (Lipinski definition) is 2. The molecule has 0 amide bonds. The Hall–Kier alpha value is -0.640. The zero-order chi connectivity index (χ0) is 14.4. The normalized spacial score (nSPS) is 20.9. The van der Waals surface area contributed by atoms with Crippen molar-refractivity contribution in [1.29, 1.82) is 0 Å². The molecule has 20 heavy (non-hydrogen) atoms. The average molecular weight is 300 g/mol. The van der Waals surface area contributed by atoms with Gasteiger partial charge in [0.2, 0.25) is 0 Å². The van der Waals surface area contributed by atoms with Crippen LogP contribution >= 0.6 is 11.6 Å². The molecule has 2 unspecified atom stereocenters. The van der Waals surface area contributed by atoms with Crippen LogP contribution in [0.1, 0.15) is 38.2 Å². The molecule has 1 aromatic rings. The predicted molar refractivity (Wildman–Crippen MR) is 80.8 cm³/mol. The van der Waals surface area contributed by atoms with Crippen LogP contribution in [0.4, 0.5) is 4.39 Å². The summed E-state index contributed by atoms with van der Waals surface area (Å²) in [6, 6.07) is 5.36. The van der Waals surface area contributed by atoms with E-state index in [1.54, 1.807) is 12.1 Å². The fourth-order valence-corrected chi connectivity index (χ4v) is 2.88. The van der Waals surface area contributed by atoms with Gasteiger partial charge >= 0.3 is 0 Å². The predicted octanol–water partition coefficient (Wildman–Crippen LogP) is 3.96. The minimum Gasteiger partial charge on any atom is -0.377 e. The molecule has 1 fully saturated rings. The summed E-state index contributed by atoms with van der Waals surface area (Å²) >= 11 is 5.86. The van der Waals surface area contributed by atoms with Gasteiger partial charge < -0.3 is 10.1 Å². The highest BCUT2D eigenvalue weighted by molar-refractivity contribution is 6.30. The Balaban J connectivity index is 2.07. The van der Waals surface area contributed by atoms with Crippen LogP contribution in [0.5, 0.6) is 0 Å². The average Bonchev–Trinajstić information content (AvgIpc) is 2.48. The highest BCUT2D eigenvalue weighted by atomic mass is 35.5. The number of halogens is 2. The lowest BCUT2D eigenvalue weighted by atomic mass is 9.95. The van der Waals surface area contributed by atoms with Crippen molar-refractivity contribution in [2.24, 2.45) is 0 Å². The number of benzene rings is 1. The molecule has 112 valence electrons. The van der Waals surface area contributed by atoms with Gasteiger partial charge in [-0.15, -0.1) is 0 Å². The molecule has 1 aromatic carbocycles. The third-order valence-corrected chi connectivity index (χ3v) is 4.08. The first kappa shape index (κ1) is 15.7. The SMILES string of the molecule is CCCNC(Cc1cccc(Cl)c1F)C1CCCCO1. The Kier molecular flexibility index (Phi) is 6.27. The monoisotopic (exact) mass is 299 g/mol. The van der Waals surface area contributed by atoms with E-state index in [1.165, 1.54) is 6.42 Å². The third kappa shape index (κ3) is 4.18. The van der Waals surface area contributed by atoms with Crippen molar-refractivity contribution in [3.8, 4) is 0 Å². The van der Waals surface area contributed by atoms with Crippen molar-refractivity contribution < 1.29 is 9.13 Å². The van der Waals surface area contributed by atoms with E-state index < -0.39 is 0 Å². The molecule has 0 aromatic heterocycles. The molecule has 1 saturated heterocycles. The Bertz CT molecular complexity index is 421. The number of hydrogen-bond donors (Lipinski definition) is 1. The Labute approximate surface area is 125 Å². The maximum atomic E-state index is 14.1. The zero-order valence-electron chi connectivity index (χ0n) is 12.0. The van der Waals surface area contributed by atoms with Gasteiger partial charge in [-0.25, -0.2) is 4.39 Å². The first-order chi connectivity index (χ1) is 9.72. The first-order valence-corrected chi connectivity index (χ1v) is 7.88. The van der Waals surface area contributed by atoms with Gasteiger partial charge in [-0.2, -0.15) is 0 Å². The Morgan fingerprint density at radius 3 is 3.00 bits per heavy atom. The van der Waals surface area contributed by atoms with Crippen LogP contribution in [0.15, 0.2) is 18.2 Å². The molecule has 1 aliphatic rings. The van der Waals surface area contributed by atoms with Crippen LogP contribution in [-0.2, 0) is 11.2 Å². The van der Waals surface area contributed by atoms with Crippen LogP contribution in [0.2, 0.25) is 5.02 Å². The van der Waals surface area contributed by atoms with Gasteiger partial charge in [0.05, 0.1) is 11.1 Å². The molecule has 1 N–H and O–H groups in total. The highest BCUT2D eigenvalue weighted by Crippen LogP contribution is 2.23. The van der Waals surface area contributed by atoms with Crippen molar-refractivity contribution >= 4 is 11.6 Å². The van der Waals surface area contributed by atoms with Crippen LogP contribution in [0.25, 0.3) is 0 Å². The van der Waals surface area contributed by atoms with E-state index in [-0.39, 0.29) is 23.0 Å². The summed E-state index contributed by atoms with van der Waals surface area (Å²) in [7, 11) is 0. The molecule has 2 atom stereocenters. The van der Waals surface area contributed by atoms with E-state index in [1.807, 2.05) is 6.07 Å². The quantitative estimate of drug-likeness (QED) is 0.858. The van der Waals surface area contributed by atoms with Gasteiger partial charge in [-0.05, 0) is 50.3 Å². The summed E-state index contributed by atoms with van der Waals surface area (Å²) in [6.45, 7) is 3.87. The van der Waals surface area contributed by atoms with Crippen LogP contribution in [0.3, 0.4) is 0 Å². The van der Waals surface area contributed by atoms with Crippen molar-refractivity contribution in [2.45, 2.75) is 51.2 Å². The fourth-order valence-electron chi connectivity index (χ4n) is 2.69. The van der Waals surface area contributed by atoms with Crippen LogP contribution < -0.4 is 5.32 Å². The van der Waals surface area contributed by atoms with Gasteiger partial charge in [0, 0.05) is 12.6 Å². The largest absolute Gasteiger partial charge is 0.377 e. The number of rotatable bonds is 6. The molecule has 0 saturated carbocycles. The van der Waals surface area contributed by atoms with E-state index in [0.717, 1.165) is 32.4 Å².